The number of anilines is 1. The first-order chi connectivity index (χ1) is 16.4. The SMILES string of the molecule is NC1CCCCC1N(Cc1ccc(NC(=O)c2ccccc2)cc1)C(=O)c1cc(F)cc(F)c1. The zero-order chi connectivity index (χ0) is 24.1. The van der Waals surface area contributed by atoms with Crippen molar-refractivity contribution < 1.29 is 18.4 Å². The summed E-state index contributed by atoms with van der Waals surface area (Å²) in [6.07, 6.45) is 3.44. The summed E-state index contributed by atoms with van der Waals surface area (Å²) in [5, 5.41) is 2.85. The predicted octanol–water partition coefficient (Wildman–Crippen LogP) is 5.13. The molecule has 1 aliphatic carbocycles. The maximum absolute atomic E-state index is 13.8. The number of nitrogens with two attached hydrogens (primary N) is 1. The van der Waals surface area contributed by atoms with Crippen molar-refractivity contribution >= 4 is 17.5 Å². The van der Waals surface area contributed by atoms with Gasteiger partial charge >= 0.3 is 0 Å². The maximum atomic E-state index is 13.8. The second kappa shape index (κ2) is 10.6. The van der Waals surface area contributed by atoms with Crippen LogP contribution in [0.1, 0.15) is 52.0 Å². The van der Waals surface area contributed by atoms with Gasteiger partial charge in [-0.05, 0) is 54.8 Å². The second-order valence-corrected chi connectivity index (χ2v) is 8.62. The molecule has 4 rings (SSSR count). The molecule has 0 bridgehead atoms. The first-order valence-electron chi connectivity index (χ1n) is 11.4. The number of carbonyl (C=O) groups excluding carboxylic acids is 2. The molecule has 0 spiro atoms. The van der Waals surface area contributed by atoms with Gasteiger partial charge in [-0.25, -0.2) is 8.78 Å². The van der Waals surface area contributed by atoms with Crippen molar-refractivity contribution in [3.63, 3.8) is 0 Å². The quantitative estimate of drug-likeness (QED) is 0.532. The Hall–Kier alpha value is -3.58. The molecule has 2 unspecified atom stereocenters. The third-order valence-corrected chi connectivity index (χ3v) is 6.15. The average molecular weight is 464 g/mol. The molecule has 176 valence electrons. The highest BCUT2D eigenvalue weighted by Gasteiger charge is 2.32. The lowest BCUT2D eigenvalue weighted by Gasteiger charge is -2.38. The predicted molar refractivity (Wildman–Crippen MR) is 127 cm³/mol. The first-order valence-corrected chi connectivity index (χ1v) is 11.4. The van der Waals surface area contributed by atoms with Gasteiger partial charge in [-0.3, -0.25) is 9.59 Å². The van der Waals surface area contributed by atoms with Crippen molar-refractivity contribution in [2.45, 2.75) is 44.3 Å². The summed E-state index contributed by atoms with van der Waals surface area (Å²) in [7, 11) is 0. The molecule has 0 heterocycles. The minimum Gasteiger partial charge on any atom is -0.330 e. The fraction of sp³-hybridized carbons (Fsp3) is 0.259. The van der Waals surface area contributed by atoms with Crippen LogP contribution >= 0.6 is 0 Å². The Kier molecular flexibility index (Phi) is 7.33. The number of hydrogen-bond donors (Lipinski definition) is 2. The molecule has 0 saturated heterocycles. The Balaban J connectivity index is 1.54. The normalized spacial score (nSPS) is 17.7. The van der Waals surface area contributed by atoms with Crippen molar-refractivity contribution in [1.29, 1.82) is 0 Å². The van der Waals surface area contributed by atoms with E-state index < -0.39 is 17.5 Å². The first kappa shape index (κ1) is 23.6. The van der Waals surface area contributed by atoms with Crippen LogP contribution in [0.25, 0.3) is 0 Å². The Morgan fingerprint density at radius 2 is 1.53 bits per heavy atom. The average Bonchev–Trinajstić information content (AvgIpc) is 2.83. The van der Waals surface area contributed by atoms with E-state index in [-0.39, 0.29) is 30.1 Å². The van der Waals surface area contributed by atoms with Crippen molar-refractivity contribution in [3.8, 4) is 0 Å². The molecular formula is C27H27F2N3O2. The van der Waals surface area contributed by atoms with Crippen LogP contribution in [0, 0.1) is 11.6 Å². The van der Waals surface area contributed by atoms with Gasteiger partial charge in [0.05, 0.1) is 0 Å². The van der Waals surface area contributed by atoms with Crippen LogP contribution in [0.15, 0.2) is 72.8 Å². The zero-order valence-electron chi connectivity index (χ0n) is 18.7. The highest BCUT2D eigenvalue weighted by atomic mass is 19.1. The molecule has 3 N–H and O–H groups in total. The molecule has 2 amide bonds. The van der Waals surface area contributed by atoms with Crippen molar-refractivity contribution in [2.75, 3.05) is 5.32 Å². The fourth-order valence-electron chi connectivity index (χ4n) is 4.39. The van der Waals surface area contributed by atoms with E-state index in [1.807, 2.05) is 18.2 Å². The van der Waals surface area contributed by atoms with E-state index in [0.29, 0.717) is 11.3 Å². The minimum atomic E-state index is -0.797. The van der Waals surface area contributed by atoms with E-state index >= 15 is 0 Å². The number of carbonyl (C=O) groups is 2. The van der Waals surface area contributed by atoms with Crippen LogP contribution in [0.5, 0.6) is 0 Å². The maximum Gasteiger partial charge on any atom is 0.255 e. The van der Waals surface area contributed by atoms with E-state index in [2.05, 4.69) is 5.32 Å². The molecule has 1 saturated carbocycles. The molecule has 5 nitrogen and oxygen atoms in total. The minimum absolute atomic E-state index is 0.0398. The van der Waals surface area contributed by atoms with Crippen LogP contribution in [-0.4, -0.2) is 28.8 Å². The van der Waals surface area contributed by atoms with E-state index in [4.69, 9.17) is 5.73 Å². The summed E-state index contributed by atoms with van der Waals surface area (Å²) in [6, 6.07) is 18.5. The highest BCUT2D eigenvalue weighted by Crippen LogP contribution is 2.26. The van der Waals surface area contributed by atoms with E-state index in [9.17, 15) is 18.4 Å². The van der Waals surface area contributed by atoms with Gasteiger partial charge in [-0.2, -0.15) is 0 Å². The van der Waals surface area contributed by atoms with Gasteiger partial charge in [0.2, 0.25) is 0 Å². The molecule has 1 fully saturated rings. The Morgan fingerprint density at radius 3 is 2.18 bits per heavy atom. The number of amides is 2. The van der Waals surface area contributed by atoms with Crippen molar-refractivity contribution in [2.24, 2.45) is 5.73 Å². The van der Waals surface area contributed by atoms with Crippen LogP contribution < -0.4 is 11.1 Å². The zero-order valence-corrected chi connectivity index (χ0v) is 18.7. The number of nitrogens with zero attached hydrogens (tertiary/aromatic N) is 1. The van der Waals surface area contributed by atoms with Gasteiger partial charge in [-0.15, -0.1) is 0 Å². The van der Waals surface area contributed by atoms with Gasteiger partial charge in [0, 0.05) is 41.5 Å². The summed E-state index contributed by atoms with van der Waals surface area (Å²) in [5.74, 6) is -2.27. The number of rotatable bonds is 6. The van der Waals surface area contributed by atoms with Crippen LogP contribution in [0.4, 0.5) is 14.5 Å². The topological polar surface area (TPSA) is 75.4 Å². The lowest BCUT2D eigenvalue weighted by Crippen LogP contribution is -2.51. The molecule has 3 aromatic rings. The molecule has 0 aromatic heterocycles. The monoisotopic (exact) mass is 463 g/mol. The Morgan fingerprint density at radius 1 is 0.882 bits per heavy atom. The van der Waals surface area contributed by atoms with Gasteiger partial charge in [-0.1, -0.05) is 43.2 Å². The molecule has 0 radical (unpaired) electrons. The van der Waals surface area contributed by atoms with Gasteiger partial charge in [0.15, 0.2) is 0 Å². The lowest BCUT2D eigenvalue weighted by molar-refractivity contribution is 0.0582. The third kappa shape index (κ3) is 5.66. The number of benzene rings is 3. The molecule has 34 heavy (non-hydrogen) atoms. The van der Waals surface area contributed by atoms with Crippen LogP contribution in [0.3, 0.4) is 0 Å². The Labute approximate surface area is 197 Å². The van der Waals surface area contributed by atoms with Crippen molar-refractivity contribution in [1.82, 2.24) is 4.90 Å². The second-order valence-electron chi connectivity index (χ2n) is 8.62. The van der Waals surface area contributed by atoms with Gasteiger partial charge < -0.3 is 16.0 Å². The summed E-state index contributed by atoms with van der Waals surface area (Å²) in [4.78, 5) is 27.3. The van der Waals surface area contributed by atoms with Crippen molar-refractivity contribution in [3.05, 3.63) is 101 Å². The largest absolute Gasteiger partial charge is 0.330 e. The molecular weight excluding hydrogens is 436 g/mol. The van der Waals surface area contributed by atoms with Crippen LogP contribution in [0.2, 0.25) is 0 Å². The van der Waals surface area contributed by atoms with Gasteiger partial charge in [0.25, 0.3) is 11.8 Å². The lowest BCUT2D eigenvalue weighted by atomic mass is 9.89. The Bertz CT molecular complexity index is 1130. The summed E-state index contributed by atoms with van der Waals surface area (Å²) >= 11 is 0. The highest BCUT2D eigenvalue weighted by molar-refractivity contribution is 6.04. The molecule has 2 atom stereocenters. The number of halogens is 2. The third-order valence-electron chi connectivity index (χ3n) is 6.15. The van der Waals surface area contributed by atoms with E-state index in [1.54, 1.807) is 41.3 Å². The smallest absolute Gasteiger partial charge is 0.255 e. The van der Waals surface area contributed by atoms with E-state index in [0.717, 1.165) is 49.4 Å². The number of hydrogen-bond acceptors (Lipinski definition) is 3. The molecule has 1 aliphatic rings. The molecule has 0 aliphatic heterocycles. The fourth-order valence-corrected chi connectivity index (χ4v) is 4.39. The molecule has 3 aromatic carbocycles. The standard InChI is InChI=1S/C27H27F2N3O2/c28-21-14-20(15-22(29)16-21)27(34)32(25-9-5-4-8-24(25)30)17-18-10-12-23(13-11-18)31-26(33)19-6-2-1-3-7-19/h1-3,6-7,10-16,24-25H,4-5,8-9,17,30H2,(H,31,33). The number of nitrogens with one attached hydrogen (secondary N) is 1. The molecule has 7 heteroatoms. The van der Waals surface area contributed by atoms with E-state index in [1.165, 1.54) is 0 Å². The van der Waals surface area contributed by atoms with Crippen LogP contribution in [-0.2, 0) is 6.54 Å². The summed E-state index contributed by atoms with van der Waals surface area (Å²) < 4.78 is 27.6. The summed E-state index contributed by atoms with van der Waals surface area (Å²) in [6.45, 7) is 0.238. The van der Waals surface area contributed by atoms with Gasteiger partial charge in [0.1, 0.15) is 11.6 Å². The summed E-state index contributed by atoms with van der Waals surface area (Å²) in [5.41, 5.74) is 8.31.